The number of aryl methyl sites for hydroxylation is 1. The van der Waals surface area contributed by atoms with Gasteiger partial charge in [0, 0.05) is 13.2 Å². The molecule has 0 radical (unpaired) electrons. The summed E-state index contributed by atoms with van der Waals surface area (Å²) in [6.07, 6.45) is 4.34. The van der Waals surface area contributed by atoms with Gasteiger partial charge in [-0.15, -0.1) is 0 Å². The van der Waals surface area contributed by atoms with Gasteiger partial charge in [-0.1, -0.05) is 24.3 Å². The summed E-state index contributed by atoms with van der Waals surface area (Å²) in [5.74, 6) is 0. The molecule has 22 heavy (non-hydrogen) atoms. The highest BCUT2D eigenvalue weighted by Crippen LogP contribution is 2.32. The lowest BCUT2D eigenvalue weighted by molar-refractivity contribution is 0.0396. The van der Waals surface area contributed by atoms with E-state index >= 15 is 0 Å². The number of urea groups is 1. The minimum atomic E-state index is -0.246. The average molecular weight is 306 g/mol. The maximum atomic E-state index is 11.5. The minimum absolute atomic E-state index is 0.0579. The molecule has 2 atom stereocenters. The molecule has 0 fully saturated rings. The third kappa shape index (κ3) is 5.00. The maximum Gasteiger partial charge on any atom is 0.315 e. The van der Waals surface area contributed by atoms with Crippen LogP contribution < -0.4 is 10.6 Å². The van der Waals surface area contributed by atoms with Gasteiger partial charge in [0.25, 0.3) is 0 Å². The Bertz CT molecular complexity index is 479. The first kappa shape index (κ1) is 16.8. The molecule has 0 aromatic heterocycles. The van der Waals surface area contributed by atoms with Crippen molar-refractivity contribution < 1.29 is 14.6 Å². The van der Waals surface area contributed by atoms with Crippen LogP contribution in [0.1, 0.15) is 43.4 Å². The van der Waals surface area contributed by atoms with Gasteiger partial charge in [0.2, 0.25) is 0 Å². The largest absolute Gasteiger partial charge is 0.394 e. The molecule has 1 aromatic carbocycles. The smallest absolute Gasteiger partial charge is 0.315 e. The number of carbonyl (C=O) groups excluding carboxylic acids is 1. The van der Waals surface area contributed by atoms with Crippen LogP contribution in [-0.4, -0.2) is 36.9 Å². The van der Waals surface area contributed by atoms with Crippen molar-refractivity contribution in [2.75, 3.05) is 19.8 Å². The van der Waals surface area contributed by atoms with Crippen LogP contribution >= 0.6 is 0 Å². The molecule has 5 heteroatoms. The Hall–Kier alpha value is -1.59. The van der Waals surface area contributed by atoms with E-state index in [4.69, 9.17) is 9.84 Å². The van der Waals surface area contributed by atoms with Crippen molar-refractivity contribution in [1.82, 2.24) is 10.6 Å². The number of fused-ring (bicyclic) bond motifs is 1. The number of hydrogen-bond donors (Lipinski definition) is 3. The summed E-state index contributed by atoms with van der Waals surface area (Å²) in [5.41, 5.74) is 2.71. The second-order valence-corrected chi connectivity index (χ2v) is 5.79. The molecule has 3 N–H and O–H groups in total. The van der Waals surface area contributed by atoms with E-state index in [1.807, 2.05) is 0 Å². The van der Waals surface area contributed by atoms with Gasteiger partial charge in [-0.25, -0.2) is 4.79 Å². The van der Waals surface area contributed by atoms with Crippen LogP contribution in [0.25, 0.3) is 0 Å². The summed E-state index contributed by atoms with van der Waals surface area (Å²) in [5, 5.41) is 14.3. The summed E-state index contributed by atoms with van der Waals surface area (Å²) < 4.78 is 5.98. The second-order valence-electron chi connectivity index (χ2n) is 5.79. The SMILES string of the molecule is C[C@H](CO)NC(=O)NCCCO[C@H]1CCCc2ccccc21. The molecule has 2 rings (SSSR count). The van der Waals surface area contributed by atoms with Crippen molar-refractivity contribution >= 4 is 6.03 Å². The van der Waals surface area contributed by atoms with Crippen molar-refractivity contribution in [3.63, 3.8) is 0 Å². The molecule has 0 heterocycles. The Morgan fingerprint density at radius 2 is 2.27 bits per heavy atom. The Kier molecular flexibility index (Phi) is 6.68. The topological polar surface area (TPSA) is 70.6 Å². The zero-order chi connectivity index (χ0) is 15.8. The fourth-order valence-electron chi connectivity index (χ4n) is 2.70. The highest BCUT2D eigenvalue weighted by atomic mass is 16.5. The molecule has 5 nitrogen and oxygen atoms in total. The van der Waals surface area contributed by atoms with Gasteiger partial charge in [0.1, 0.15) is 0 Å². The lowest BCUT2D eigenvalue weighted by atomic mass is 9.89. The number of benzene rings is 1. The monoisotopic (exact) mass is 306 g/mol. The third-order valence-corrected chi connectivity index (χ3v) is 3.89. The van der Waals surface area contributed by atoms with E-state index in [1.165, 1.54) is 17.5 Å². The van der Waals surface area contributed by atoms with Crippen molar-refractivity contribution in [3.8, 4) is 0 Å². The molecular weight excluding hydrogens is 280 g/mol. The number of ether oxygens (including phenoxy) is 1. The normalized spacial score (nSPS) is 18.4. The van der Waals surface area contributed by atoms with Crippen molar-refractivity contribution in [1.29, 1.82) is 0 Å². The number of amides is 2. The molecule has 2 amide bonds. The standard InChI is InChI=1S/C17H26N2O3/c1-13(12-20)19-17(21)18-10-5-11-22-16-9-4-7-14-6-2-3-8-15(14)16/h2-3,6,8,13,16,20H,4-5,7,9-12H2,1H3,(H2,18,19,21)/t13-,16+/m1/s1. The quantitative estimate of drug-likeness (QED) is 0.676. The van der Waals surface area contributed by atoms with E-state index in [0.29, 0.717) is 13.2 Å². The van der Waals surface area contributed by atoms with Gasteiger partial charge in [0.05, 0.1) is 18.8 Å². The summed E-state index contributed by atoms with van der Waals surface area (Å²) in [6, 6.07) is 8.01. The van der Waals surface area contributed by atoms with E-state index in [9.17, 15) is 4.79 Å². The Labute approximate surface area is 132 Å². The Morgan fingerprint density at radius 1 is 1.45 bits per heavy atom. The Balaban J connectivity index is 1.65. The zero-order valence-corrected chi connectivity index (χ0v) is 13.2. The number of aliphatic hydroxyl groups excluding tert-OH is 1. The fourth-order valence-corrected chi connectivity index (χ4v) is 2.70. The van der Waals surface area contributed by atoms with E-state index in [2.05, 4.69) is 34.9 Å². The molecule has 0 unspecified atom stereocenters. The molecule has 0 saturated heterocycles. The molecule has 0 aliphatic heterocycles. The summed E-state index contributed by atoms with van der Waals surface area (Å²) >= 11 is 0. The van der Waals surface area contributed by atoms with Crippen molar-refractivity contribution in [3.05, 3.63) is 35.4 Å². The number of rotatable bonds is 7. The van der Waals surface area contributed by atoms with Gasteiger partial charge in [0.15, 0.2) is 0 Å². The molecular formula is C17H26N2O3. The van der Waals surface area contributed by atoms with Crippen LogP contribution in [0.4, 0.5) is 4.79 Å². The van der Waals surface area contributed by atoms with Crippen molar-refractivity contribution in [2.45, 2.75) is 44.8 Å². The van der Waals surface area contributed by atoms with Crippen LogP contribution in [0.15, 0.2) is 24.3 Å². The van der Waals surface area contributed by atoms with E-state index in [1.54, 1.807) is 6.92 Å². The van der Waals surface area contributed by atoms with Crippen LogP contribution in [0.5, 0.6) is 0 Å². The van der Waals surface area contributed by atoms with Crippen molar-refractivity contribution in [2.24, 2.45) is 0 Å². The van der Waals surface area contributed by atoms with Crippen LogP contribution in [-0.2, 0) is 11.2 Å². The number of nitrogens with one attached hydrogen (secondary N) is 2. The first-order chi connectivity index (χ1) is 10.7. The molecule has 1 aliphatic rings. The third-order valence-electron chi connectivity index (χ3n) is 3.89. The first-order valence-corrected chi connectivity index (χ1v) is 8.05. The lowest BCUT2D eigenvalue weighted by Crippen LogP contribution is -2.42. The molecule has 0 spiro atoms. The van der Waals surface area contributed by atoms with Crippen LogP contribution in [0.3, 0.4) is 0 Å². The highest BCUT2D eigenvalue weighted by Gasteiger charge is 2.19. The van der Waals surface area contributed by atoms with Gasteiger partial charge in [-0.3, -0.25) is 0 Å². The van der Waals surface area contributed by atoms with Gasteiger partial charge in [-0.2, -0.15) is 0 Å². The predicted molar refractivity (Wildman–Crippen MR) is 85.8 cm³/mol. The maximum absolute atomic E-state index is 11.5. The second kappa shape index (κ2) is 8.76. The van der Waals surface area contributed by atoms with E-state index < -0.39 is 0 Å². The highest BCUT2D eigenvalue weighted by molar-refractivity contribution is 5.74. The predicted octanol–water partition coefficient (Wildman–Crippen LogP) is 2.15. The summed E-state index contributed by atoms with van der Waals surface area (Å²) in [6.45, 7) is 2.90. The first-order valence-electron chi connectivity index (χ1n) is 8.05. The molecule has 1 aliphatic carbocycles. The molecule has 0 bridgehead atoms. The molecule has 1 aromatic rings. The lowest BCUT2D eigenvalue weighted by Gasteiger charge is -2.25. The average Bonchev–Trinajstić information content (AvgIpc) is 2.54. The van der Waals surface area contributed by atoms with Crippen LogP contribution in [0, 0.1) is 0 Å². The molecule has 122 valence electrons. The number of hydrogen-bond acceptors (Lipinski definition) is 3. The van der Waals surface area contributed by atoms with E-state index in [0.717, 1.165) is 19.3 Å². The number of aliphatic hydroxyl groups is 1. The minimum Gasteiger partial charge on any atom is -0.394 e. The van der Waals surface area contributed by atoms with Gasteiger partial charge in [-0.05, 0) is 43.7 Å². The van der Waals surface area contributed by atoms with E-state index in [-0.39, 0.29) is 24.8 Å². The Morgan fingerprint density at radius 3 is 3.09 bits per heavy atom. The van der Waals surface area contributed by atoms with Gasteiger partial charge >= 0.3 is 6.03 Å². The summed E-state index contributed by atoms with van der Waals surface area (Å²) in [4.78, 5) is 11.5. The zero-order valence-electron chi connectivity index (χ0n) is 13.2. The van der Waals surface area contributed by atoms with Crippen LogP contribution in [0.2, 0.25) is 0 Å². The summed E-state index contributed by atoms with van der Waals surface area (Å²) in [7, 11) is 0. The molecule has 0 saturated carbocycles. The fraction of sp³-hybridized carbons (Fsp3) is 0.588. The van der Waals surface area contributed by atoms with Gasteiger partial charge < -0.3 is 20.5 Å². The number of carbonyl (C=O) groups is 1.